The number of aliphatic hydroxyl groups is 1. The zero-order valence-corrected chi connectivity index (χ0v) is 15.0. The summed E-state index contributed by atoms with van der Waals surface area (Å²) in [6, 6.07) is 0. The fourth-order valence-corrected chi connectivity index (χ4v) is 1.82. The number of thiocarbonyl (C=S) groups is 2. The van der Waals surface area contributed by atoms with Crippen LogP contribution in [0.5, 0.6) is 0 Å². The lowest BCUT2D eigenvalue weighted by atomic mass is 10.1. The summed E-state index contributed by atoms with van der Waals surface area (Å²) in [7, 11) is 0. The second-order valence-corrected chi connectivity index (χ2v) is 5.20. The molecule has 0 aliphatic carbocycles. The van der Waals surface area contributed by atoms with Crippen molar-refractivity contribution >= 4 is 46.1 Å². The van der Waals surface area contributed by atoms with E-state index in [-0.39, 0.29) is 6.61 Å². The monoisotopic (exact) mass is 346 g/mol. The summed E-state index contributed by atoms with van der Waals surface area (Å²) < 4.78 is 0. The topological polar surface area (TPSA) is 93.1 Å². The predicted molar refractivity (Wildman–Crippen MR) is 100 cm³/mol. The first-order chi connectivity index (χ1) is 10.5. The zero-order valence-electron chi connectivity index (χ0n) is 13.4. The van der Waals surface area contributed by atoms with Gasteiger partial charge in [0.15, 0.2) is 10.2 Å². The van der Waals surface area contributed by atoms with E-state index in [1.165, 1.54) is 0 Å². The van der Waals surface area contributed by atoms with Crippen molar-refractivity contribution in [1.82, 2.24) is 21.5 Å². The Morgan fingerprint density at radius 3 is 2.00 bits per heavy atom. The van der Waals surface area contributed by atoms with E-state index in [1.54, 1.807) is 0 Å². The van der Waals surface area contributed by atoms with Crippen molar-refractivity contribution in [3.05, 3.63) is 0 Å². The summed E-state index contributed by atoms with van der Waals surface area (Å²) in [6.45, 7) is 7.38. The largest absolute Gasteiger partial charge is 0.396 e. The number of rotatable bonds is 9. The third kappa shape index (κ3) is 10.4. The molecule has 0 bridgehead atoms. The molecule has 0 fully saturated rings. The van der Waals surface area contributed by atoms with Gasteiger partial charge in [0, 0.05) is 19.7 Å². The van der Waals surface area contributed by atoms with Crippen LogP contribution in [-0.2, 0) is 0 Å². The third-order valence-electron chi connectivity index (χ3n) is 2.53. The molecule has 0 aliphatic rings. The molecule has 7 nitrogen and oxygen atoms in total. The van der Waals surface area contributed by atoms with Crippen LogP contribution in [-0.4, -0.2) is 46.5 Å². The van der Waals surface area contributed by atoms with Crippen molar-refractivity contribution in [2.75, 3.05) is 19.7 Å². The van der Waals surface area contributed by atoms with Crippen LogP contribution in [0.2, 0.25) is 0 Å². The first-order valence-electron chi connectivity index (χ1n) is 7.34. The second kappa shape index (κ2) is 13.4. The Morgan fingerprint density at radius 1 is 0.955 bits per heavy atom. The summed E-state index contributed by atoms with van der Waals surface area (Å²) in [5.41, 5.74) is 7.04. The average Bonchev–Trinajstić information content (AvgIpc) is 2.49. The highest BCUT2D eigenvalue weighted by Gasteiger charge is 2.06. The number of unbranched alkanes of at least 4 members (excludes halogenated alkanes) is 1. The summed E-state index contributed by atoms with van der Waals surface area (Å²) in [5, 5.41) is 24.2. The van der Waals surface area contributed by atoms with Crippen molar-refractivity contribution in [3.63, 3.8) is 0 Å². The lowest BCUT2D eigenvalue weighted by Crippen LogP contribution is -2.34. The normalized spacial score (nSPS) is 11.8. The van der Waals surface area contributed by atoms with Gasteiger partial charge in [-0.15, -0.1) is 0 Å². The van der Waals surface area contributed by atoms with Crippen LogP contribution in [0.4, 0.5) is 0 Å². The number of hydrogen-bond donors (Lipinski definition) is 5. The number of hydrogen-bond acceptors (Lipinski definition) is 5. The molecule has 0 aliphatic heterocycles. The second-order valence-electron chi connectivity index (χ2n) is 4.38. The number of aliphatic hydroxyl groups excluding tert-OH is 1. The molecule has 9 heteroatoms. The molecular formula is C13H26N6OS2. The van der Waals surface area contributed by atoms with Gasteiger partial charge in [-0.05, 0) is 64.5 Å². The van der Waals surface area contributed by atoms with Gasteiger partial charge in [-0.25, -0.2) is 0 Å². The number of nitrogens with zero attached hydrogens (tertiary/aromatic N) is 2. The SMILES string of the molecule is CCNC(=S)N/N=C(CCCCO)\C(C)=N\NC(=S)NCC. The Morgan fingerprint density at radius 2 is 1.50 bits per heavy atom. The van der Waals surface area contributed by atoms with E-state index in [4.69, 9.17) is 29.5 Å². The first-order valence-corrected chi connectivity index (χ1v) is 8.16. The lowest BCUT2D eigenvalue weighted by Gasteiger charge is -2.10. The molecular weight excluding hydrogens is 320 g/mol. The maximum atomic E-state index is 8.89. The smallest absolute Gasteiger partial charge is 0.186 e. The third-order valence-corrected chi connectivity index (χ3v) is 3.00. The first kappa shape index (κ1) is 20.7. The van der Waals surface area contributed by atoms with E-state index in [9.17, 15) is 0 Å². The maximum absolute atomic E-state index is 8.89. The van der Waals surface area contributed by atoms with E-state index in [1.807, 2.05) is 20.8 Å². The Labute approximate surface area is 143 Å². The van der Waals surface area contributed by atoms with Gasteiger partial charge in [-0.1, -0.05) is 0 Å². The Bertz CT molecular complexity index is 411. The molecule has 0 aromatic carbocycles. The van der Waals surface area contributed by atoms with Crippen LogP contribution < -0.4 is 21.5 Å². The maximum Gasteiger partial charge on any atom is 0.186 e. The molecule has 0 saturated heterocycles. The van der Waals surface area contributed by atoms with E-state index in [0.29, 0.717) is 28.8 Å². The van der Waals surface area contributed by atoms with Crippen molar-refractivity contribution in [2.24, 2.45) is 10.2 Å². The van der Waals surface area contributed by atoms with Crippen LogP contribution in [0.25, 0.3) is 0 Å². The Hall–Kier alpha value is -1.32. The van der Waals surface area contributed by atoms with Crippen molar-refractivity contribution in [3.8, 4) is 0 Å². The van der Waals surface area contributed by atoms with Crippen LogP contribution in [0, 0.1) is 0 Å². The fraction of sp³-hybridized carbons (Fsp3) is 0.692. The zero-order chi connectivity index (χ0) is 16.8. The van der Waals surface area contributed by atoms with E-state index < -0.39 is 0 Å². The summed E-state index contributed by atoms with van der Waals surface area (Å²) in [5.74, 6) is 0. The highest BCUT2D eigenvalue weighted by atomic mass is 32.1. The Kier molecular flexibility index (Phi) is 12.5. The van der Waals surface area contributed by atoms with Crippen LogP contribution in [0.1, 0.15) is 40.0 Å². The molecule has 0 aromatic rings. The molecule has 5 N–H and O–H groups in total. The molecule has 0 radical (unpaired) electrons. The van der Waals surface area contributed by atoms with Crippen LogP contribution in [0.3, 0.4) is 0 Å². The molecule has 0 amide bonds. The molecule has 0 spiro atoms. The summed E-state index contributed by atoms with van der Waals surface area (Å²) in [6.07, 6.45) is 2.22. The Balaban J connectivity index is 4.73. The van der Waals surface area contributed by atoms with Gasteiger partial charge in [0.25, 0.3) is 0 Å². The average molecular weight is 347 g/mol. The highest BCUT2D eigenvalue weighted by Crippen LogP contribution is 1.99. The number of hydrazone groups is 2. The standard InChI is InChI=1S/C13H26N6OS2/c1-4-14-12(21)18-16-10(3)11(8-6-7-9-20)17-19-13(22)15-5-2/h20H,4-9H2,1-3H3,(H2,14,18,21)(H2,15,19,22)/b16-10+,17-11-. The van der Waals surface area contributed by atoms with Crippen molar-refractivity contribution < 1.29 is 5.11 Å². The summed E-state index contributed by atoms with van der Waals surface area (Å²) >= 11 is 10.1. The fourth-order valence-electron chi connectivity index (χ4n) is 1.44. The van der Waals surface area contributed by atoms with E-state index in [0.717, 1.165) is 25.2 Å². The number of nitrogens with one attached hydrogen (secondary N) is 4. The molecule has 0 saturated carbocycles. The minimum absolute atomic E-state index is 0.162. The van der Waals surface area contributed by atoms with E-state index >= 15 is 0 Å². The van der Waals surface area contributed by atoms with Crippen LogP contribution in [0.15, 0.2) is 10.2 Å². The van der Waals surface area contributed by atoms with Crippen molar-refractivity contribution in [2.45, 2.75) is 40.0 Å². The highest BCUT2D eigenvalue weighted by molar-refractivity contribution is 7.80. The minimum Gasteiger partial charge on any atom is -0.396 e. The van der Waals surface area contributed by atoms with Crippen LogP contribution >= 0.6 is 24.4 Å². The van der Waals surface area contributed by atoms with Gasteiger partial charge in [0.05, 0.1) is 11.4 Å². The molecule has 0 rings (SSSR count). The van der Waals surface area contributed by atoms with Gasteiger partial charge in [0.1, 0.15) is 0 Å². The summed E-state index contributed by atoms with van der Waals surface area (Å²) in [4.78, 5) is 0. The predicted octanol–water partition coefficient (Wildman–Crippen LogP) is 0.849. The van der Waals surface area contributed by atoms with E-state index in [2.05, 4.69) is 31.7 Å². The molecule has 22 heavy (non-hydrogen) atoms. The molecule has 0 heterocycles. The lowest BCUT2D eigenvalue weighted by molar-refractivity contribution is 0.285. The molecule has 0 unspecified atom stereocenters. The van der Waals surface area contributed by atoms with Gasteiger partial charge in [-0.3, -0.25) is 10.9 Å². The van der Waals surface area contributed by atoms with Gasteiger partial charge in [0.2, 0.25) is 0 Å². The minimum atomic E-state index is 0.162. The molecule has 0 atom stereocenters. The quantitative estimate of drug-likeness (QED) is 0.183. The molecule has 126 valence electrons. The van der Waals surface area contributed by atoms with Gasteiger partial charge < -0.3 is 15.7 Å². The van der Waals surface area contributed by atoms with Gasteiger partial charge in [-0.2, -0.15) is 10.2 Å². The molecule has 0 aromatic heterocycles. The van der Waals surface area contributed by atoms with Gasteiger partial charge >= 0.3 is 0 Å². The van der Waals surface area contributed by atoms with Crippen molar-refractivity contribution in [1.29, 1.82) is 0 Å².